The van der Waals surface area contributed by atoms with Gasteiger partial charge < -0.3 is 72.1 Å². The first-order chi connectivity index (χ1) is 64.0. The molecule has 0 spiro atoms. The van der Waals surface area contributed by atoms with Crippen molar-refractivity contribution in [1.82, 2.24) is 44.6 Å². The van der Waals surface area contributed by atoms with E-state index in [1.807, 2.05) is 89.4 Å². The van der Waals surface area contributed by atoms with Crippen molar-refractivity contribution in [3.63, 3.8) is 0 Å². The Morgan fingerprint density at radius 2 is 0.804 bits per heavy atom. The van der Waals surface area contributed by atoms with Crippen LogP contribution in [0.2, 0.25) is 0 Å². The fraction of sp³-hybridized carbons (Fsp3) is 0.670. The first-order valence-corrected chi connectivity index (χ1v) is 47.9. The molecule has 10 aliphatic rings. The van der Waals surface area contributed by atoms with E-state index in [0.29, 0.717) is 101 Å². The van der Waals surface area contributed by atoms with Crippen molar-refractivity contribution in [3.8, 4) is 34.9 Å². The van der Waals surface area contributed by atoms with Crippen LogP contribution in [0.4, 0.5) is 35.1 Å². The molecule has 753 valence electrons. The maximum atomic E-state index is 14.2. The molecule has 6 aliphatic heterocycles. The zero-order valence-electron chi connectivity index (χ0n) is 80.2. The van der Waals surface area contributed by atoms with Gasteiger partial charge in [-0.1, -0.05) is 153 Å². The summed E-state index contributed by atoms with van der Waals surface area (Å²) in [7, 11) is 0. The molecule has 6 aromatic rings. The fourth-order valence-corrected chi connectivity index (χ4v) is 21.1. The summed E-state index contributed by atoms with van der Waals surface area (Å²) in [5.74, 6) is -2.67. The van der Waals surface area contributed by atoms with Gasteiger partial charge in [0.25, 0.3) is 0 Å². The summed E-state index contributed by atoms with van der Waals surface area (Å²) < 4.78 is 140. The fourth-order valence-electron chi connectivity index (χ4n) is 21.1. The first-order valence-electron chi connectivity index (χ1n) is 47.9. The van der Waals surface area contributed by atoms with E-state index in [-0.39, 0.29) is 183 Å². The van der Waals surface area contributed by atoms with Crippen LogP contribution in [0.3, 0.4) is 0 Å². The summed E-state index contributed by atoms with van der Waals surface area (Å²) in [4.78, 5) is 152. The van der Waals surface area contributed by atoms with Crippen molar-refractivity contribution in [2.75, 3.05) is 19.6 Å². The number of amides is 3. The molecule has 6 bridgehead atoms. The predicted octanol–water partition coefficient (Wildman–Crippen LogP) is 17.9. The zero-order valence-corrected chi connectivity index (χ0v) is 84.4. The Balaban J connectivity index is 0.000000207. The van der Waals surface area contributed by atoms with Gasteiger partial charge in [0, 0.05) is 73.9 Å². The summed E-state index contributed by atoms with van der Waals surface area (Å²) in [5, 5.41) is 10.0. The summed E-state index contributed by atoms with van der Waals surface area (Å²) in [6.45, 7) is 16.6. The van der Waals surface area contributed by atoms with Crippen LogP contribution < -0.4 is 23.7 Å². The third-order valence-electron chi connectivity index (χ3n) is 28.8. The largest absolute Gasteiger partial charge is 0.573 e. The smallest absolute Gasteiger partial charge is 0.540 e. The summed E-state index contributed by atoms with van der Waals surface area (Å²) in [6, 6.07) is 10.6. The van der Waals surface area contributed by atoms with E-state index in [1.165, 1.54) is 51.5 Å². The van der Waals surface area contributed by atoms with E-state index >= 15 is 0 Å². The second-order valence-corrected chi connectivity index (χ2v) is 41.2. The molecule has 1 N–H and O–H groups in total. The molecule has 2 unspecified atom stereocenters. The van der Waals surface area contributed by atoms with Crippen LogP contribution in [0.15, 0.2) is 54.6 Å². The van der Waals surface area contributed by atoms with Crippen LogP contribution in [-0.2, 0) is 132 Å². The number of halogens is 8. The van der Waals surface area contributed by atoms with E-state index in [4.69, 9.17) is 48.4 Å². The molecule has 4 aliphatic carbocycles. The van der Waals surface area contributed by atoms with Gasteiger partial charge in [0.15, 0.2) is 0 Å². The number of aromatic hydroxyl groups is 1. The quantitative estimate of drug-likeness (QED) is 0.0640. The van der Waals surface area contributed by atoms with Gasteiger partial charge in [0.2, 0.25) is 35.4 Å². The predicted molar refractivity (Wildman–Crippen MR) is 478 cm³/mol. The van der Waals surface area contributed by atoms with Gasteiger partial charge in [-0.2, -0.15) is 22.0 Å². The topological polar surface area (TPSA) is 335 Å². The number of rotatable bonds is 8. The van der Waals surface area contributed by atoms with Gasteiger partial charge in [0.05, 0.1) is 89.8 Å². The van der Waals surface area contributed by atoms with Crippen molar-refractivity contribution < 1.29 is 177 Å². The Morgan fingerprint density at radius 1 is 0.420 bits per heavy atom. The van der Waals surface area contributed by atoms with E-state index in [2.05, 4.69) is 32.0 Å². The molecule has 20 atom stereocenters. The zero-order chi connectivity index (χ0) is 97.4. The van der Waals surface area contributed by atoms with Crippen molar-refractivity contribution in [2.45, 2.75) is 324 Å². The van der Waals surface area contributed by atoms with Gasteiger partial charge in [-0.3, -0.25) is 28.8 Å². The molecule has 27 nitrogen and oxygen atoms in total. The Morgan fingerprint density at radius 3 is 1.25 bits per heavy atom. The molecule has 7 fully saturated rings. The number of hydrogen-bond donors (Lipinski definition) is 1. The molecule has 38 heteroatoms. The minimum absolute atomic E-state index is 0. The maximum absolute atomic E-state index is 14.2. The number of aryl methyl sites for hydroxylation is 3. The van der Waals surface area contributed by atoms with Crippen LogP contribution in [0.1, 0.15) is 248 Å². The first kappa shape index (κ1) is 111. The van der Waals surface area contributed by atoms with Gasteiger partial charge in [0.1, 0.15) is 71.0 Å². The van der Waals surface area contributed by atoms with E-state index in [0.717, 1.165) is 115 Å². The number of esters is 3. The monoisotopic (exact) mass is 2050 g/mol. The second-order valence-electron chi connectivity index (χ2n) is 41.2. The molecule has 3 amide bonds. The van der Waals surface area contributed by atoms with Gasteiger partial charge in [-0.25, -0.2) is 48.8 Å². The number of hydrogen-bond acceptors (Lipinski definition) is 24. The molecular weight excluding hydrogens is 1920 g/mol. The number of benzene rings is 3. The Kier molecular flexibility index (Phi) is 38.8. The third-order valence-corrected chi connectivity index (χ3v) is 28.8. The molecule has 16 rings (SSSR count). The van der Waals surface area contributed by atoms with Crippen LogP contribution in [0, 0.1) is 81.3 Å². The van der Waals surface area contributed by atoms with Crippen molar-refractivity contribution in [1.29, 1.82) is 0 Å². The summed E-state index contributed by atoms with van der Waals surface area (Å²) in [5.41, 5.74) is 2.85. The average Bonchev–Trinajstić information content (AvgIpc) is 1.60. The van der Waals surface area contributed by atoms with Crippen LogP contribution >= 0.6 is 0 Å². The normalized spacial score (nSPS) is 29.0. The van der Waals surface area contributed by atoms with Crippen molar-refractivity contribution in [2.24, 2.45) is 81.3 Å². The number of ether oxygens (including phenoxy) is 8. The average molecular weight is 2050 g/mol. The molecule has 3 saturated heterocycles. The molecule has 9 heterocycles. The molecule has 3 radical (unpaired) electrons. The SMILES string of the molecule is CC[C@@H]1[C@@H]2CN(C(=O)[C@H](C(C)(C)C)CC(=O)O[C@@H]3CCC[C@H]3CCCCCc3nc4ccc(OC(F)(F)F)cc4nc3O2)[C@@H]1[C-]=O.CC[C@@H]1[C@@H]2CN(C(=O)[C@H](C(C)(C)C)CC(=O)O[C@@H]3C[C@H]3CCCCCc3nc4ccc(O)cc4nc3O2)[C@@H]1[C-]=O.C[C@@H]1[C@@H]2CN(C(=O)[C@H](C(C)(C)C)CC(=O)O[C@@H]3CC4CC4[C@H]3CCCCCc3nc4ccc(OC(F)F)cc4nc3O2)[C@@H]1[C-]=O.FC(F)F.[V].[V].[V]. The molecular formula is C100H126F8N9O18V3-3. The molecule has 4 saturated carbocycles. The molecule has 138 heavy (non-hydrogen) atoms. The number of fused-ring (bicyclic) bond motifs is 17. The minimum atomic E-state index is -4.87. The summed E-state index contributed by atoms with van der Waals surface area (Å²) in [6.07, 6.45) is 18.8. The Labute approximate surface area is 835 Å². The standard InChI is InChI=1S/C34H43F3N3O6.C34H42F2N3O6.C31H40N3O6.CHF3.3V/c1-5-22-27(19-41)40-18-29(22)45-31-25(38-24-15-14-21(16-26(24)39-31)46-34(35,36)37)12-8-6-7-10-20-11-9-13-28(20)44-30(42)17-23(32(40)43)33(2,3)4;1-18-27(17-40)39-16-29(18)45-31-25(37-24-11-10-20(43-33(35)36)14-26(24)38-31)9-7-5-6-8-21-22-12-19(22)13-28(21)44-30(41)15-23(32(39)42)34(2,3)4;1-5-20-25(17-35)34-16-27(20)40-29-23(32-22-12-11-19(36)14-24(22)33-29)10-8-6-7-9-18-13-26(18)39-28(37)15-21(30(34)38)31(2,3)4;2-1(3)4;;;/h14-16,20,22-23,27-29H,5-13,17-18H2,1-4H3;10-11,14,18-19,21-23,27-29,33H,5-9,12-13,15-16H2,1-4H3;11-12,14,18,20-21,25-27,36H,5-10,13,15-16H2,1-4H3;1H;;;/q3*-1;;;;/t20-,22+,23-,27-,28-,29+;18-,19?,21+,22?,23+,27+,28+,29-;18-,20+,21-,25-,26-,27+;;;;/m101..../s1. The minimum Gasteiger partial charge on any atom is -0.540 e. The van der Waals surface area contributed by atoms with E-state index in [9.17, 15) is 83.4 Å². The van der Waals surface area contributed by atoms with Crippen LogP contribution in [0.5, 0.6) is 34.9 Å². The van der Waals surface area contributed by atoms with Crippen molar-refractivity contribution in [3.05, 3.63) is 71.7 Å². The Bertz CT molecular complexity index is 5230. The van der Waals surface area contributed by atoms with Crippen molar-refractivity contribution >= 4 is 87.6 Å². The second kappa shape index (κ2) is 48.1. The number of phenols is 1. The number of nitrogens with zero attached hydrogens (tertiary/aromatic N) is 9. The third kappa shape index (κ3) is 28.1. The Hall–Kier alpha value is -8.50. The number of carbonyl (C=O) groups excluding carboxylic acids is 9. The number of carbonyl (C=O) groups is 6. The van der Waals surface area contributed by atoms with Gasteiger partial charge in [-0.05, 0) is 196 Å². The molecule has 3 aromatic carbocycles. The van der Waals surface area contributed by atoms with Crippen LogP contribution in [-0.4, -0.2) is 198 Å². The maximum Gasteiger partial charge on any atom is 0.573 e. The van der Waals surface area contributed by atoms with Gasteiger partial charge >= 0.3 is 37.6 Å². The summed E-state index contributed by atoms with van der Waals surface area (Å²) >= 11 is 0. The molecule has 3 aromatic heterocycles. The number of alkyl halides is 8. The number of aromatic nitrogens is 6. The van der Waals surface area contributed by atoms with E-state index in [1.54, 1.807) is 24.3 Å². The van der Waals surface area contributed by atoms with E-state index < -0.39 is 114 Å². The van der Waals surface area contributed by atoms with Crippen LogP contribution in [0.25, 0.3) is 33.1 Å². The number of phenolic OH excluding ortho intramolecular Hbond substituents is 1. The van der Waals surface area contributed by atoms with Gasteiger partial charge in [-0.15, -0.1) is 13.2 Å².